The van der Waals surface area contributed by atoms with Crippen LogP contribution in [0, 0.1) is 112 Å². The largest absolute Gasteiger partial charge is 0.381 e. The van der Waals surface area contributed by atoms with Crippen molar-refractivity contribution in [3.8, 4) is 0 Å². The molecule has 0 aliphatic rings. The Kier molecular flexibility index (Phi) is 51.1. The van der Waals surface area contributed by atoms with Crippen molar-refractivity contribution >= 4 is 0 Å². The van der Waals surface area contributed by atoms with E-state index in [9.17, 15) is 0 Å². The molecule has 10 nitrogen and oxygen atoms in total. The molecular formula is C85H180O10. The van der Waals surface area contributed by atoms with Crippen molar-refractivity contribution in [2.24, 2.45) is 112 Å². The van der Waals surface area contributed by atoms with E-state index in [2.05, 4.69) is 305 Å². The second-order valence-corrected chi connectivity index (χ2v) is 42.5. The van der Waals surface area contributed by atoms with Gasteiger partial charge >= 0.3 is 0 Å². The number of hydrogen-bond acceptors (Lipinski definition) is 10. The summed E-state index contributed by atoms with van der Waals surface area (Å²) >= 11 is 0. The Morgan fingerprint density at radius 1 is 0.189 bits per heavy atom. The molecule has 0 radical (unpaired) electrons. The topological polar surface area (TPSA) is 92.3 Å². The molecule has 0 aliphatic heterocycles. The first-order chi connectivity index (χ1) is 42.1. The summed E-state index contributed by atoms with van der Waals surface area (Å²) in [5.41, 5.74) is 3.16. The summed E-state index contributed by atoms with van der Waals surface area (Å²) in [7, 11) is 0. The lowest BCUT2D eigenvalue weighted by Crippen LogP contribution is -2.37. The molecule has 0 saturated carbocycles. The van der Waals surface area contributed by atoms with Gasteiger partial charge in [-0.1, -0.05) is 291 Å². The molecule has 0 aliphatic carbocycles. The lowest BCUT2D eigenvalue weighted by molar-refractivity contribution is -0.0840. The van der Waals surface area contributed by atoms with Gasteiger partial charge < -0.3 is 47.4 Å². The van der Waals surface area contributed by atoms with E-state index < -0.39 is 0 Å². The zero-order valence-electron chi connectivity index (χ0n) is 73.3. The van der Waals surface area contributed by atoms with Gasteiger partial charge in [-0.15, -0.1) is 0 Å². The molecule has 0 heterocycles. The predicted molar refractivity (Wildman–Crippen MR) is 417 cm³/mol. The summed E-state index contributed by atoms with van der Waals surface area (Å²) in [6, 6.07) is 0. The van der Waals surface area contributed by atoms with Gasteiger partial charge in [0.25, 0.3) is 0 Å². The number of hydrogen-bond donors (Lipinski definition) is 0. The standard InChI is InChI=1S/C26H54O3.C19H40O3.2C14H30O.C12H26O2/c1-20(23(4,5)6)14-27-17-26(13,18-28-15-21(2)24(7,8)9)19-29-16-22(3)25(10,11)12;1-15(18(4,5)6)12-20-10-11-21-14-17(3)22-13-16(2)19(7,8)9;1-11(14(6,7)8)10-15-12(2)9-13(3,4)5;1-11(13(3,4)5)9-15-10-12(2)14(6,7)8;1-11(2,3)9-13-7-8-14-10-12(4,5)6/h20-22H,14-19H2,1-13H3;15-17H,10-14H2,1-9H3;2*11-12H,9-10H2,1-8H3;7-10H2,1-6H3. The van der Waals surface area contributed by atoms with Gasteiger partial charge in [-0.05, 0) is 127 Å². The Balaban J connectivity index is -0.000000367. The molecule has 10 atom stereocenters. The molecule has 0 saturated heterocycles. The Morgan fingerprint density at radius 3 is 0.621 bits per heavy atom. The number of rotatable bonds is 35. The molecule has 0 fully saturated rings. The van der Waals surface area contributed by atoms with Gasteiger partial charge in [-0.3, -0.25) is 0 Å². The van der Waals surface area contributed by atoms with Crippen LogP contribution >= 0.6 is 0 Å². The van der Waals surface area contributed by atoms with Crippen molar-refractivity contribution in [3.05, 3.63) is 0 Å². The maximum atomic E-state index is 6.18. The van der Waals surface area contributed by atoms with Crippen LogP contribution in [-0.4, -0.2) is 131 Å². The van der Waals surface area contributed by atoms with Gasteiger partial charge in [0.15, 0.2) is 0 Å². The first-order valence-corrected chi connectivity index (χ1v) is 38.0. The van der Waals surface area contributed by atoms with E-state index in [4.69, 9.17) is 47.4 Å². The fraction of sp³-hybridized carbons (Fsp3) is 1.00. The van der Waals surface area contributed by atoms with E-state index in [1.807, 2.05) is 0 Å². The molecule has 0 amide bonds. The van der Waals surface area contributed by atoms with Crippen LogP contribution in [0.4, 0.5) is 0 Å². The summed E-state index contributed by atoms with van der Waals surface area (Å²) in [6.45, 7) is 112. The zero-order valence-corrected chi connectivity index (χ0v) is 73.3. The fourth-order valence-electron chi connectivity index (χ4n) is 7.08. The molecule has 95 heavy (non-hydrogen) atoms. The highest BCUT2D eigenvalue weighted by molar-refractivity contribution is 4.79. The van der Waals surface area contributed by atoms with Crippen molar-refractivity contribution in [1.82, 2.24) is 0 Å². The SMILES string of the molecule is CC(C)(C)COCCOCC(C)(C)C.CC(CC(C)(C)C)OCC(C)C(C)(C)C.CC(COCC(C)(COCC(C)C(C)(C)C)COCC(C)C(C)(C)C)C(C)(C)C.CC(COCC(C)C(C)(C)C)C(C)(C)C.CC(COCCOCC(C)C(C)(C)C)OCC(C)C(C)(C)C. The second-order valence-electron chi connectivity index (χ2n) is 42.5. The predicted octanol–water partition coefficient (Wildman–Crippen LogP) is 23.9. The molecule has 0 rings (SSSR count). The first-order valence-electron chi connectivity index (χ1n) is 38.0. The average Bonchev–Trinajstić information content (AvgIpc) is 0.984. The zero-order chi connectivity index (χ0) is 76.3. The van der Waals surface area contributed by atoms with Crippen LogP contribution in [0.1, 0.15) is 311 Å². The maximum absolute atomic E-state index is 6.18. The molecule has 0 aromatic heterocycles. The van der Waals surface area contributed by atoms with Crippen molar-refractivity contribution in [2.45, 2.75) is 323 Å². The monoisotopic (exact) mass is 1360 g/mol. The van der Waals surface area contributed by atoms with E-state index in [1.165, 1.54) is 0 Å². The van der Waals surface area contributed by atoms with Crippen molar-refractivity contribution in [3.63, 3.8) is 0 Å². The lowest BCUT2D eigenvalue weighted by Gasteiger charge is -2.34. The Hall–Kier alpha value is -0.400. The van der Waals surface area contributed by atoms with E-state index in [-0.39, 0.29) is 44.0 Å². The normalized spacial score (nSPS) is 17.3. The van der Waals surface area contributed by atoms with Gasteiger partial charge in [0.1, 0.15) is 0 Å². The quantitative estimate of drug-likeness (QED) is 0.0571. The molecule has 580 valence electrons. The molecule has 10 unspecified atom stereocenters. The minimum Gasteiger partial charge on any atom is -0.381 e. The molecule has 0 bridgehead atoms. The summed E-state index contributed by atoms with van der Waals surface area (Å²) in [4.78, 5) is 0. The van der Waals surface area contributed by atoms with Crippen molar-refractivity contribution in [1.29, 1.82) is 0 Å². The summed E-state index contributed by atoms with van der Waals surface area (Å²) < 4.78 is 58.4. The third kappa shape index (κ3) is 65.4. The number of ether oxygens (including phenoxy) is 10. The highest BCUT2D eigenvalue weighted by atomic mass is 16.6. The third-order valence-corrected chi connectivity index (χ3v) is 19.7. The Morgan fingerprint density at radius 2 is 0.389 bits per heavy atom. The van der Waals surface area contributed by atoms with Crippen molar-refractivity contribution in [2.75, 3.05) is 119 Å². The summed E-state index contributed by atoms with van der Waals surface area (Å²) in [5.74, 6) is 4.46. The minimum absolute atomic E-state index is 0.132. The van der Waals surface area contributed by atoms with E-state index in [0.29, 0.717) is 133 Å². The Bertz CT molecular complexity index is 1680. The Labute approximate surface area is 599 Å². The summed E-state index contributed by atoms with van der Waals surface area (Å²) in [5, 5.41) is 0. The van der Waals surface area contributed by atoms with Gasteiger partial charge in [0.2, 0.25) is 0 Å². The van der Waals surface area contributed by atoms with E-state index in [0.717, 1.165) is 72.5 Å². The molecule has 10 heteroatoms. The highest BCUT2D eigenvalue weighted by Crippen LogP contribution is 2.33. The van der Waals surface area contributed by atoms with Gasteiger partial charge in [0.05, 0.1) is 84.9 Å². The van der Waals surface area contributed by atoms with Crippen LogP contribution in [0.25, 0.3) is 0 Å². The minimum atomic E-state index is -0.132. The lowest BCUT2D eigenvalue weighted by atomic mass is 9.82. The second kappa shape index (κ2) is 47.1. The maximum Gasteiger partial charge on any atom is 0.0780 e. The van der Waals surface area contributed by atoms with Crippen LogP contribution in [0.5, 0.6) is 0 Å². The average molecular weight is 1360 g/mol. The van der Waals surface area contributed by atoms with Crippen LogP contribution in [0.2, 0.25) is 0 Å². The molecule has 0 aromatic carbocycles. The molecular weight excluding hydrogens is 1180 g/mol. The molecule has 0 N–H and O–H groups in total. The molecule has 0 aromatic rings. The van der Waals surface area contributed by atoms with Gasteiger partial charge in [-0.25, -0.2) is 0 Å². The third-order valence-electron chi connectivity index (χ3n) is 19.7. The fourth-order valence-corrected chi connectivity index (χ4v) is 7.08. The molecule has 0 spiro atoms. The highest BCUT2D eigenvalue weighted by Gasteiger charge is 2.32. The van der Waals surface area contributed by atoms with Crippen LogP contribution in [0.15, 0.2) is 0 Å². The van der Waals surface area contributed by atoms with Gasteiger partial charge in [-0.2, -0.15) is 0 Å². The van der Waals surface area contributed by atoms with E-state index in [1.54, 1.807) is 0 Å². The van der Waals surface area contributed by atoms with Crippen LogP contribution in [0.3, 0.4) is 0 Å². The smallest absolute Gasteiger partial charge is 0.0780 e. The summed E-state index contributed by atoms with van der Waals surface area (Å²) in [6.07, 6.45) is 1.64. The van der Waals surface area contributed by atoms with Gasteiger partial charge in [0, 0.05) is 51.7 Å². The van der Waals surface area contributed by atoms with Crippen molar-refractivity contribution < 1.29 is 47.4 Å². The van der Waals surface area contributed by atoms with Crippen LogP contribution < -0.4 is 0 Å². The first kappa shape index (κ1) is 103. The van der Waals surface area contributed by atoms with E-state index >= 15 is 0 Å². The van der Waals surface area contributed by atoms with Crippen LogP contribution in [-0.2, 0) is 47.4 Å².